The van der Waals surface area contributed by atoms with Crippen molar-refractivity contribution in [1.82, 2.24) is 20.2 Å². The maximum absolute atomic E-state index is 12.8. The fraction of sp³-hybridized carbons (Fsp3) is 0.500. The van der Waals surface area contributed by atoms with Gasteiger partial charge in [-0.3, -0.25) is 9.59 Å². The van der Waals surface area contributed by atoms with Crippen LogP contribution in [-0.2, 0) is 19.5 Å². The lowest BCUT2D eigenvalue weighted by atomic mass is 10.1. The summed E-state index contributed by atoms with van der Waals surface area (Å²) >= 11 is 0. The maximum Gasteiger partial charge on any atom is 0.287 e. The Balaban J connectivity index is 1.51. The number of aromatic nitrogens is 2. The summed E-state index contributed by atoms with van der Waals surface area (Å²) < 4.78 is 1.95. The number of carbonyl (C=O) groups excluding carboxylic acids is 2. The molecule has 1 aromatic heterocycles. The lowest BCUT2D eigenvalue weighted by Crippen LogP contribution is -2.35. The van der Waals surface area contributed by atoms with Gasteiger partial charge in [0.2, 0.25) is 0 Å². The minimum Gasteiger partial charge on any atom is -0.347 e. The highest BCUT2D eigenvalue weighted by Crippen LogP contribution is 2.23. The molecule has 1 aromatic carbocycles. The van der Waals surface area contributed by atoms with Crippen LogP contribution in [0, 0.1) is 6.92 Å². The largest absolute Gasteiger partial charge is 0.347 e. The monoisotopic (exact) mass is 380 g/mol. The van der Waals surface area contributed by atoms with Gasteiger partial charge in [-0.1, -0.05) is 42.7 Å². The number of imidazole rings is 1. The summed E-state index contributed by atoms with van der Waals surface area (Å²) in [5.74, 6) is 0.0425. The minimum atomic E-state index is -0.203. The van der Waals surface area contributed by atoms with Gasteiger partial charge in [0.1, 0.15) is 5.69 Å². The van der Waals surface area contributed by atoms with Crippen molar-refractivity contribution in [1.29, 1.82) is 0 Å². The summed E-state index contributed by atoms with van der Waals surface area (Å²) in [6.45, 7) is 3.24. The summed E-state index contributed by atoms with van der Waals surface area (Å²) in [7, 11) is 0. The normalized spacial score (nSPS) is 16.6. The van der Waals surface area contributed by atoms with Crippen LogP contribution in [0.5, 0.6) is 0 Å². The van der Waals surface area contributed by atoms with Crippen LogP contribution in [0.3, 0.4) is 0 Å². The van der Waals surface area contributed by atoms with E-state index in [4.69, 9.17) is 0 Å². The number of hydrogen-bond donors (Lipinski definition) is 2. The molecule has 0 atom stereocenters. The van der Waals surface area contributed by atoms with Crippen molar-refractivity contribution in [2.24, 2.45) is 0 Å². The van der Waals surface area contributed by atoms with Gasteiger partial charge in [0, 0.05) is 19.1 Å². The van der Waals surface area contributed by atoms with Gasteiger partial charge in [0.05, 0.1) is 5.69 Å². The Morgan fingerprint density at radius 2 is 1.82 bits per heavy atom. The third-order valence-electron chi connectivity index (χ3n) is 5.80. The van der Waals surface area contributed by atoms with E-state index in [9.17, 15) is 9.59 Å². The van der Waals surface area contributed by atoms with E-state index in [-0.39, 0.29) is 17.9 Å². The number of benzene rings is 1. The summed E-state index contributed by atoms with van der Waals surface area (Å²) in [6.07, 6.45) is 7.21. The number of hydrogen-bond acceptors (Lipinski definition) is 3. The number of fused-ring (bicyclic) bond motifs is 1. The van der Waals surface area contributed by atoms with Crippen molar-refractivity contribution in [2.75, 3.05) is 0 Å². The van der Waals surface area contributed by atoms with Crippen molar-refractivity contribution >= 4 is 11.8 Å². The first-order valence-electron chi connectivity index (χ1n) is 10.4. The fourth-order valence-electron chi connectivity index (χ4n) is 4.19. The highest BCUT2D eigenvalue weighted by molar-refractivity contribution is 5.97. The lowest BCUT2D eigenvalue weighted by Gasteiger charge is -2.18. The predicted molar refractivity (Wildman–Crippen MR) is 107 cm³/mol. The van der Waals surface area contributed by atoms with E-state index in [0.717, 1.165) is 62.7 Å². The van der Waals surface area contributed by atoms with Crippen LogP contribution in [0.4, 0.5) is 0 Å². The standard InChI is InChI=1S/C22H28N4O2/c1-15-9-11-16(12-10-15)14-23-21(27)19-18-8-4-5-13-26(18)20(25-19)22(28)24-17-6-2-3-7-17/h9-12,17H,2-8,13-14H2,1H3,(H,23,27)(H,24,28). The third kappa shape index (κ3) is 3.96. The van der Waals surface area contributed by atoms with Gasteiger partial charge >= 0.3 is 0 Å². The Hall–Kier alpha value is -2.63. The molecule has 2 aliphatic rings. The molecule has 4 rings (SSSR count). The predicted octanol–water partition coefficient (Wildman–Crippen LogP) is 3.13. The SMILES string of the molecule is Cc1ccc(CNC(=O)c2nc(C(=O)NC3CCCC3)n3c2CCCC3)cc1. The molecule has 0 saturated heterocycles. The van der Waals surface area contributed by atoms with E-state index in [0.29, 0.717) is 18.1 Å². The number of rotatable bonds is 5. The van der Waals surface area contributed by atoms with Gasteiger partial charge in [-0.15, -0.1) is 0 Å². The van der Waals surface area contributed by atoms with Crippen molar-refractivity contribution in [3.8, 4) is 0 Å². The molecule has 2 aromatic rings. The van der Waals surface area contributed by atoms with Crippen molar-refractivity contribution in [3.63, 3.8) is 0 Å². The zero-order chi connectivity index (χ0) is 19.5. The van der Waals surface area contributed by atoms with Crippen LogP contribution in [0.2, 0.25) is 0 Å². The zero-order valence-electron chi connectivity index (χ0n) is 16.5. The smallest absolute Gasteiger partial charge is 0.287 e. The number of carbonyl (C=O) groups is 2. The quantitative estimate of drug-likeness (QED) is 0.837. The van der Waals surface area contributed by atoms with E-state index in [1.54, 1.807) is 0 Å². The molecule has 2 heterocycles. The highest BCUT2D eigenvalue weighted by atomic mass is 16.2. The van der Waals surface area contributed by atoms with Gasteiger partial charge in [-0.2, -0.15) is 0 Å². The highest BCUT2D eigenvalue weighted by Gasteiger charge is 2.28. The molecule has 1 fully saturated rings. The van der Waals surface area contributed by atoms with Crippen molar-refractivity contribution < 1.29 is 9.59 Å². The first-order chi connectivity index (χ1) is 13.6. The molecular formula is C22H28N4O2. The molecule has 1 aliphatic heterocycles. The zero-order valence-corrected chi connectivity index (χ0v) is 16.5. The summed E-state index contributed by atoms with van der Waals surface area (Å²) in [5.41, 5.74) is 3.54. The number of nitrogens with one attached hydrogen (secondary N) is 2. The summed E-state index contributed by atoms with van der Waals surface area (Å²) in [6, 6.07) is 8.33. The second-order valence-electron chi connectivity index (χ2n) is 7.96. The second kappa shape index (κ2) is 8.17. The summed E-state index contributed by atoms with van der Waals surface area (Å²) in [4.78, 5) is 30.1. The van der Waals surface area contributed by atoms with Crippen LogP contribution >= 0.6 is 0 Å². The number of amides is 2. The van der Waals surface area contributed by atoms with E-state index in [1.807, 2.05) is 35.8 Å². The molecule has 0 bridgehead atoms. The number of nitrogens with zero attached hydrogens (tertiary/aromatic N) is 2. The van der Waals surface area contributed by atoms with E-state index < -0.39 is 0 Å². The molecular weight excluding hydrogens is 352 g/mol. The van der Waals surface area contributed by atoms with Gasteiger partial charge < -0.3 is 15.2 Å². The van der Waals surface area contributed by atoms with E-state index in [2.05, 4.69) is 15.6 Å². The maximum atomic E-state index is 12.8. The third-order valence-corrected chi connectivity index (χ3v) is 5.80. The van der Waals surface area contributed by atoms with Crippen LogP contribution in [0.1, 0.15) is 76.5 Å². The van der Waals surface area contributed by atoms with Gasteiger partial charge in [-0.05, 0) is 44.6 Å². The molecule has 148 valence electrons. The Bertz CT molecular complexity index is 863. The van der Waals surface area contributed by atoms with Gasteiger partial charge in [0.25, 0.3) is 11.8 Å². The fourth-order valence-corrected chi connectivity index (χ4v) is 4.19. The molecule has 0 unspecified atom stereocenters. The molecule has 6 nitrogen and oxygen atoms in total. The molecule has 28 heavy (non-hydrogen) atoms. The molecule has 2 N–H and O–H groups in total. The van der Waals surface area contributed by atoms with Crippen LogP contribution in [0.15, 0.2) is 24.3 Å². The van der Waals surface area contributed by atoms with E-state index >= 15 is 0 Å². The Kier molecular flexibility index (Phi) is 5.46. The average molecular weight is 380 g/mol. The lowest BCUT2D eigenvalue weighted by molar-refractivity contribution is 0.0921. The van der Waals surface area contributed by atoms with Crippen LogP contribution < -0.4 is 10.6 Å². The van der Waals surface area contributed by atoms with Gasteiger partial charge in [0.15, 0.2) is 5.82 Å². The number of aryl methyl sites for hydroxylation is 1. The van der Waals surface area contributed by atoms with Gasteiger partial charge in [-0.25, -0.2) is 4.98 Å². The second-order valence-corrected chi connectivity index (χ2v) is 7.96. The van der Waals surface area contributed by atoms with E-state index in [1.165, 1.54) is 5.56 Å². The minimum absolute atomic E-state index is 0.146. The average Bonchev–Trinajstić information content (AvgIpc) is 3.35. The molecule has 6 heteroatoms. The van der Waals surface area contributed by atoms with Crippen LogP contribution in [0.25, 0.3) is 0 Å². The molecule has 1 saturated carbocycles. The molecule has 0 radical (unpaired) electrons. The molecule has 0 spiro atoms. The Morgan fingerprint density at radius 1 is 1.07 bits per heavy atom. The molecule has 2 amide bonds. The summed E-state index contributed by atoms with van der Waals surface area (Å²) in [5, 5.41) is 6.07. The molecule has 1 aliphatic carbocycles. The first-order valence-corrected chi connectivity index (χ1v) is 10.4. The van der Waals surface area contributed by atoms with Crippen molar-refractivity contribution in [3.05, 3.63) is 52.6 Å². The first kappa shape index (κ1) is 18.7. The Labute approximate surface area is 165 Å². The van der Waals surface area contributed by atoms with Crippen molar-refractivity contribution in [2.45, 2.75) is 71.0 Å². The van der Waals surface area contributed by atoms with Crippen LogP contribution in [-0.4, -0.2) is 27.4 Å². The topological polar surface area (TPSA) is 76.0 Å². The Morgan fingerprint density at radius 3 is 2.57 bits per heavy atom.